The van der Waals surface area contributed by atoms with E-state index in [0.29, 0.717) is 19.5 Å². The lowest BCUT2D eigenvalue weighted by molar-refractivity contribution is 0.283. The fourth-order valence-corrected chi connectivity index (χ4v) is 5.71. The topological polar surface area (TPSA) is 37.4 Å². The summed E-state index contributed by atoms with van der Waals surface area (Å²) in [7, 11) is -3.20. The molecule has 0 radical (unpaired) electrons. The third-order valence-electron chi connectivity index (χ3n) is 4.60. The quantitative estimate of drug-likeness (QED) is 0.724. The summed E-state index contributed by atoms with van der Waals surface area (Å²) in [6.45, 7) is 9.60. The molecule has 104 valence electrons. The molecule has 0 saturated carbocycles. The van der Waals surface area contributed by atoms with Gasteiger partial charge in [-0.3, -0.25) is 0 Å². The van der Waals surface area contributed by atoms with Gasteiger partial charge in [-0.2, -0.15) is 0 Å². The molecule has 0 bridgehead atoms. The van der Waals surface area contributed by atoms with E-state index < -0.39 is 14.8 Å². The van der Waals surface area contributed by atoms with Gasteiger partial charge >= 0.3 is 0 Å². The molecule has 0 aromatic rings. The second-order valence-corrected chi connectivity index (χ2v) is 9.14. The van der Waals surface area contributed by atoms with E-state index >= 15 is 0 Å². The van der Waals surface area contributed by atoms with Crippen LogP contribution in [0.25, 0.3) is 0 Å². The third-order valence-corrected chi connectivity index (χ3v) is 7.34. The van der Waals surface area contributed by atoms with E-state index in [9.17, 15) is 8.42 Å². The largest absolute Gasteiger partial charge is 0.220 e. The Kier molecular flexibility index (Phi) is 3.39. The molecular formula is C14H25NO2S. The summed E-state index contributed by atoms with van der Waals surface area (Å²) in [5.74, 6) is 0.0797. The van der Waals surface area contributed by atoms with Gasteiger partial charge in [-0.15, -0.1) is 0 Å². The van der Waals surface area contributed by atoms with E-state index in [1.54, 1.807) is 4.31 Å². The highest BCUT2D eigenvalue weighted by Gasteiger charge is 2.50. The van der Waals surface area contributed by atoms with Gasteiger partial charge in [-0.25, -0.2) is 12.7 Å². The van der Waals surface area contributed by atoms with E-state index in [-0.39, 0.29) is 11.3 Å². The molecule has 0 aromatic heterocycles. The van der Waals surface area contributed by atoms with Crippen LogP contribution in [0.2, 0.25) is 0 Å². The standard InChI is InChI=1S/C14H25NO2S/c1-12-7-8-13(2,3)11-14(12,4)18(16,17)15-9-5-6-10-15/h7-8,12H,5-6,9-11H2,1-4H3/t12?,14-/m1/s1. The van der Waals surface area contributed by atoms with Gasteiger partial charge in [0.15, 0.2) is 0 Å². The molecule has 2 aliphatic rings. The Morgan fingerprint density at radius 2 is 1.72 bits per heavy atom. The lowest BCUT2D eigenvalue weighted by Gasteiger charge is -2.44. The minimum absolute atomic E-state index is 0.0337. The zero-order valence-corrected chi connectivity index (χ0v) is 12.8. The highest BCUT2D eigenvalue weighted by atomic mass is 32.2. The predicted octanol–water partition coefficient (Wildman–Crippen LogP) is 2.79. The summed E-state index contributed by atoms with van der Waals surface area (Å²) in [6.07, 6.45) is 6.96. The second-order valence-electron chi connectivity index (χ2n) is 6.74. The van der Waals surface area contributed by atoms with Crippen LogP contribution in [-0.4, -0.2) is 30.6 Å². The molecule has 1 aliphatic heterocycles. The average molecular weight is 271 g/mol. The van der Waals surface area contributed by atoms with Crippen molar-refractivity contribution in [2.45, 2.75) is 51.7 Å². The molecule has 0 spiro atoms. The van der Waals surface area contributed by atoms with Crippen LogP contribution < -0.4 is 0 Å². The van der Waals surface area contributed by atoms with Crippen molar-refractivity contribution in [2.75, 3.05) is 13.1 Å². The van der Waals surface area contributed by atoms with E-state index in [2.05, 4.69) is 26.0 Å². The van der Waals surface area contributed by atoms with E-state index in [4.69, 9.17) is 0 Å². The van der Waals surface area contributed by atoms with Gasteiger partial charge in [-0.05, 0) is 37.5 Å². The summed E-state index contributed by atoms with van der Waals surface area (Å²) in [6, 6.07) is 0. The Morgan fingerprint density at radius 3 is 2.28 bits per heavy atom. The minimum Gasteiger partial charge on any atom is -0.212 e. The van der Waals surface area contributed by atoms with Crippen LogP contribution in [0.1, 0.15) is 47.0 Å². The lowest BCUT2D eigenvalue weighted by atomic mass is 9.73. The molecule has 1 unspecified atom stereocenters. The Balaban J connectivity index is 2.38. The zero-order valence-electron chi connectivity index (χ0n) is 11.9. The maximum atomic E-state index is 12.9. The van der Waals surface area contributed by atoms with Gasteiger partial charge in [0.05, 0.1) is 4.75 Å². The summed E-state index contributed by atoms with van der Waals surface area (Å²) >= 11 is 0. The molecule has 1 fully saturated rings. The van der Waals surface area contributed by atoms with Crippen molar-refractivity contribution in [3.8, 4) is 0 Å². The molecule has 0 aromatic carbocycles. The van der Waals surface area contributed by atoms with Crippen molar-refractivity contribution in [3.05, 3.63) is 12.2 Å². The molecule has 1 aliphatic carbocycles. The van der Waals surface area contributed by atoms with E-state index in [1.165, 1.54) is 0 Å². The first-order chi connectivity index (χ1) is 8.19. The van der Waals surface area contributed by atoms with Gasteiger partial charge in [0.1, 0.15) is 0 Å². The summed E-state index contributed by atoms with van der Waals surface area (Å²) in [5, 5.41) is 0. The van der Waals surface area contributed by atoms with Crippen LogP contribution in [0.4, 0.5) is 0 Å². The first-order valence-corrected chi connectivity index (χ1v) is 8.32. The van der Waals surface area contributed by atoms with Crippen LogP contribution in [0, 0.1) is 11.3 Å². The van der Waals surface area contributed by atoms with Crippen molar-refractivity contribution in [3.63, 3.8) is 0 Å². The van der Waals surface area contributed by atoms with Crippen molar-refractivity contribution in [1.29, 1.82) is 0 Å². The fourth-order valence-electron chi connectivity index (χ4n) is 3.28. The first kappa shape index (κ1) is 14.1. The number of hydrogen-bond acceptors (Lipinski definition) is 2. The second kappa shape index (κ2) is 4.34. The number of nitrogens with zero attached hydrogens (tertiary/aromatic N) is 1. The van der Waals surface area contributed by atoms with Crippen molar-refractivity contribution < 1.29 is 8.42 Å². The van der Waals surface area contributed by atoms with Crippen LogP contribution in [0.15, 0.2) is 12.2 Å². The molecular weight excluding hydrogens is 246 g/mol. The molecule has 2 atom stereocenters. The number of sulfonamides is 1. The summed E-state index contributed by atoms with van der Waals surface area (Å²) < 4.78 is 26.8. The SMILES string of the molecule is CC1C=CC(C)(C)C[C@@]1(C)S(=O)(=O)N1CCCC1. The molecule has 3 nitrogen and oxygen atoms in total. The maximum absolute atomic E-state index is 12.9. The Morgan fingerprint density at radius 1 is 1.17 bits per heavy atom. The molecule has 2 rings (SSSR count). The van der Waals surface area contributed by atoms with E-state index in [0.717, 1.165) is 12.8 Å². The predicted molar refractivity (Wildman–Crippen MR) is 74.8 cm³/mol. The molecule has 0 amide bonds. The van der Waals surface area contributed by atoms with Crippen LogP contribution in [0.3, 0.4) is 0 Å². The Bertz CT molecular complexity index is 446. The van der Waals surface area contributed by atoms with Crippen LogP contribution in [-0.2, 0) is 10.0 Å². The highest BCUT2D eigenvalue weighted by Crippen LogP contribution is 2.45. The molecule has 1 saturated heterocycles. The molecule has 1 heterocycles. The number of hydrogen-bond donors (Lipinski definition) is 0. The van der Waals surface area contributed by atoms with Crippen molar-refractivity contribution in [1.82, 2.24) is 4.31 Å². The van der Waals surface area contributed by atoms with E-state index in [1.807, 2.05) is 13.8 Å². The zero-order chi connectivity index (χ0) is 13.6. The van der Waals surface area contributed by atoms with Gasteiger partial charge in [-0.1, -0.05) is 32.9 Å². The smallest absolute Gasteiger partial charge is 0.212 e. The average Bonchev–Trinajstić information content (AvgIpc) is 2.77. The normalized spacial score (nSPS) is 37.0. The number of allylic oxidation sites excluding steroid dienone is 2. The van der Waals surface area contributed by atoms with Gasteiger partial charge in [0.25, 0.3) is 0 Å². The fraction of sp³-hybridized carbons (Fsp3) is 0.857. The first-order valence-electron chi connectivity index (χ1n) is 6.88. The summed E-state index contributed by atoms with van der Waals surface area (Å²) in [5.41, 5.74) is -0.0337. The molecule has 4 heteroatoms. The Labute approximate surface area is 111 Å². The van der Waals surface area contributed by atoms with Gasteiger partial charge in [0, 0.05) is 13.1 Å². The monoisotopic (exact) mass is 271 g/mol. The highest BCUT2D eigenvalue weighted by molar-refractivity contribution is 7.90. The number of rotatable bonds is 2. The summed E-state index contributed by atoms with van der Waals surface area (Å²) in [4.78, 5) is 0. The third kappa shape index (κ3) is 2.14. The van der Waals surface area contributed by atoms with Crippen LogP contribution >= 0.6 is 0 Å². The Hall–Kier alpha value is -0.350. The van der Waals surface area contributed by atoms with Crippen LogP contribution in [0.5, 0.6) is 0 Å². The molecule has 18 heavy (non-hydrogen) atoms. The lowest BCUT2D eigenvalue weighted by Crippen LogP contribution is -2.52. The van der Waals surface area contributed by atoms with Gasteiger partial charge < -0.3 is 0 Å². The van der Waals surface area contributed by atoms with Crippen molar-refractivity contribution in [2.24, 2.45) is 11.3 Å². The molecule has 0 N–H and O–H groups in total. The maximum Gasteiger partial charge on any atom is 0.220 e. The minimum atomic E-state index is -3.20. The van der Waals surface area contributed by atoms with Gasteiger partial charge in [0.2, 0.25) is 10.0 Å². The van der Waals surface area contributed by atoms with Crippen molar-refractivity contribution >= 4 is 10.0 Å².